The number of aromatic nitrogens is 2. The summed E-state index contributed by atoms with van der Waals surface area (Å²) in [6, 6.07) is 8.85. The Morgan fingerprint density at radius 1 is 0.640 bits per heavy atom. The van der Waals surface area contributed by atoms with Crippen LogP contribution in [-0.4, -0.2) is 5.75 Å². The molecule has 0 aromatic carbocycles. The zero-order chi connectivity index (χ0) is 17.7. The molecule has 0 fully saturated rings. The maximum Gasteiger partial charge on any atom is 0.169 e. The van der Waals surface area contributed by atoms with E-state index in [0.29, 0.717) is 0 Å². The molecule has 0 aliphatic heterocycles. The first-order valence-corrected chi connectivity index (χ1v) is 10.6. The number of unbranched alkanes of at least 4 members (excludes halogenated alkanes) is 7. The van der Waals surface area contributed by atoms with Crippen LogP contribution in [0.2, 0.25) is 0 Å². The van der Waals surface area contributed by atoms with Gasteiger partial charge in [-0.05, 0) is 36.6 Å². The van der Waals surface area contributed by atoms with E-state index in [-0.39, 0.29) is 0 Å². The van der Waals surface area contributed by atoms with Gasteiger partial charge in [0.05, 0.1) is 0 Å². The summed E-state index contributed by atoms with van der Waals surface area (Å²) in [6.07, 6.45) is 19.5. The summed E-state index contributed by atoms with van der Waals surface area (Å²) < 4.78 is 4.50. The van der Waals surface area contributed by atoms with Gasteiger partial charge in [-0.15, -0.1) is 0 Å². The van der Waals surface area contributed by atoms with E-state index in [4.69, 9.17) is 0 Å². The molecule has 0 saturated carbocycles. The SMILES string of the molecule is CC[n+]1ccc(-c2cc[n+](CCCCCCCCCCS)cc2)cc1. The normalized spacial score (nSPS) is 11.0. The van der Waals surface area contributed by atoms with Gasteiger partial charge >= 0.3 is 0 Å². The Balaban J connectivity index is 1.65. The zero-order valence-electron chi connectivity index (χ0n) is 15.7. The number of thiol groups is 1. The van der Waals surface area contributed by atoms with Gasteiger partial charge in [-0.3, -0.25) is 0 Å². The van der Waals surface area contributed by atoms with Crippen molar-refractivity contribution in [2.45, 2.75) is 71.4 Å². The second-order valence-electron chi connectivity index (χ2n) is 6.79. The highest BCUT2D eigenvalue weighted by molar-refractivity contribution is 7.80. The topological polar surface area (TPSA) is 7.76 Å². The number of pyridine rings is 2. The molecule has 0 aliphatic rings. The standard InChI is InChI=1S/C22H33N2S/c1-2-23-16-11-21(12-17-23)22-13-18-24(19-14-22)15-9-7-5-3-4-6-8-10-20-25/h11-14,16-19H,2-10,15,20H2,1H3/q+1/p+1. The Morgan fingerprint density at radius 2 is 1.08 bits per heavy atom. The van der Waals surface area contributed by atoms with Crippen molar-refractivity contribution in [3.8, 4) is 11.1 Å². The van der Waals surface area contributed by atoms with Gasteiger partial charge in [0, 0.05) is 30.7 Å². The van der Waals surface area contributed by atoms with E-state index in [9.17, 15) is 0 Å². The fraction of sp³-hybridized carbons (Fsp3) is 0.545. The molecule has 25 heavy (non-hydrogen) atoms. The summed E-state index contributed by atoms with van der Waals surface area (Å²) >= 11 is 4.26. The lowest BCUT2D eigenvalue weighted by molar-refractivity contribution is -0.697. The average Bonchev–Trinajstić information content (AvgIpc) is 2.67. The molecule has 0 atom stereocenters. The van der Waals surface area contributed by atoms with Crippen molar-refractivity contribution in [2.24, 2.45) is 0 Å². The van der Waals surface area contributed by atoms with Gasteiger partial charge in [0.25, 0.3) is 0 Å². The van der Waals surface area contributed by atoms with Crippen LogP contribution >= 0.6 is 12.6 Å². The first kappa shape index (κ1) is 20.0. The molecule has 0 amide bonds. The lowest BCUT2D eigenvalue weighted by Gasteiger charge is -2.02. The molecule has 2 aromatic heterocycles. The van der Waals surface area contributed by atoms with Crippen molar-refractivity contribution < 1.29 is 9.13 Å². The maximum atomic E-state index is 4.26. The molecular weight excluding hydrogens is 324 g/mol. The number of hydrogen-bond donors (Lipinski definition) is 1. The average molecular weight is 359 g/mol. The molecule has 0 spiro atoms. The van der Waals surface area contributed by atoms with Crippen LogP contribution in [0.5, 0.6) is 0 Å². The summed E-state index contributed by atoms with van der Waals surface area (Å²) in [5, 5.41) is 0. The Morgan fingerprint density at radius 3 is 1.56 bits per heavy atom. The molecule has 0 radical (unpaired) electrons. The van der Waals surface area contributed by atoms with Gasteiger partial charge in [-0.2, -0.15) is 12.6 Å². The summed E-state index contributed by atoms with van der Waals surface area (Å²) in [4.78, 5) is 0. The number of hydrogen-bond acceptors (Lipinski definition) is 1. The maximum absolute atomic E-state index is 4.26. The third-order valence-electron chi connectivity index (χ3n) is 4.81. The minimum absolute atomic E-state index is 1.02. The van der Waals surface area contributed by atoms with Gasteiger partial charge in [0.15, 0.2) is 24.8 Å². The summed E-state index contributed by atoms with van der Waals surface area (Å²) in [7, 11) is 0. The quantitative estimate of drug-likeness (QED) is 0.310. The van der Waals surface area contributed by atoms with E-state index in [2.05, 4.69) is 77.7 Å². The molecule has 0 N–H and O–H groups in total. The van der Waals surface area contributed by atoms with Crippen LogP contribution in [-0.2, 0) is 13.1 Å². The summed E-state index contributed by atoms with van der Waals surface area (Å²) in [5.74, 6) is 1.04. The van der Waals surface area contributed by atoms with Crippen molar-refractivity contribution in [2.75, 3.05) is 5.75 Å². The van der Waals surface area contributed by atoms with Gasteiger partial charge in [-0.25, -0.2) is 9.13 Å². The van der Waals surface area contributed by atoms with Gasteiger partial charge in [0.2, 0.25) is 0 Å². The van der Waals surface area contributed by atoms with E-state index in [1.807, 2.05) is 0 Å². The first-order valence-electron chi connectivity index (χ1n) is 9.93. The minimum atomic E-state index is 1.02. The predicted octanol–water partition coefficient (Wildman–Crippen LogP) is 5.00. The minimum Gasteiger partial charge on any atom is -0.205 e. The van der Waals surface area contributed by atoms with Crippen LogP contribution in [0.1, 0.15) is 58.3 Å². The Kier molecular flexibility index (Phi) is 9.65. The molecule has 2 rings (SSSR count). The van der Waals surface area contributed by atoms with Crippen molar-refractivity contribution in [1.82, 2.24) is 0 Å². The molecule has 3 heteroatoms. The van der Waals surface area contributed by atoms with Crippen molar-refractivity contribution in [1.29, 1.82) is 0 Å². The molecule has 0 unspecified atom stereocenters. The third-order valence-corrected chi connectivity index (χ3v) is 5.12. The van der Waals surface area contributed by atoms with E-state index < -0.39 is 0 Å². The highest BCUT2D eigenvalue weighted by Crippen LogP contribution is 2.15. The highest BCUT2D eigenvalue weighted by atomic mass is 32.1. The van der Waals surface area contributed by atoms with Crippen molar-refractivity contribution in [3.63, 3.8) is 0 Å². The fourth-order valence-electron chi connectivity index (χ4n) is 3.13. The smallest absolute Gasteiger partial charge is 0.169 e. The van der Waals surface area contributed by atoms with Crippen molar-refractivity contribution in [3.05, 3.63) is 49.1 Å². The number of nitrogens with zero attached hydrogens (tertiary/aromatic N) is 2. The number of aryl methyl sites for hydroxylation is 2. The molecule has 0 aliphatic carbocycles. The second-order valence-corrected chi connectivity index (χ2v) is 7.24. The van der Waals surface area contributed by atoms with E-state index in [1.165, 1.54) is 62.5 Å². The second kappa shape index (κ2) is 12.1. The molecule has 2 nitrogen and oxygen atoms in total. The molecule has 136 valence electrons. The van der Waals surface area contributed by atoms with Crippen LogP contribution in [0.15, 0.2) is 49.1 Å². The summed E-state index contributed by atoms with van der Waals surface area (Å²) in [5.41, 5.74) is 2.58. The van der Waals surface area contributed by atoms with E-state index >= 15 is 0 Å². The van der Waals surface area contributed by atoms with Gasteiger partial charge < -0.3 is 0 Å². The van der Waals surface area contributed by atoms with Crippen LogP contribution in [0, 0.1) is 0 Å². The monoisotopic (exact) mass is 358 g/mol. The first-order chi connectivity index (χ1) is 12.3. The largest absolute Gasteiger partial charge is 0.205 e. The Bertz CT molecular complexity index is 578. The van der Waals surface area contributed by atoms with Gasteiger partial charge in [0.1, 0.15) is 13.1 Å². The van der Waals surface area contributed by atoms with Crippen LogP contribution < -0.4 is 9.13 Å². The van der Waals surface area contributed by atoms with Gasteiger partial charge in [-0.1, -0.05) is 32.1 Å². The highest BCUT2D eigenvalue weighted by Gasteiger charge is 2.05. The van der Waals surface area contributed by atoms with Crippen molar-refractivity contribution >= 4 is 12.6 Å². The Labute approximate surface area is 159 Å². The molecule has 0 saturated heterocycles. The lowest BCUT2D eigenvalue weighted by atomic mass is 10.1. The third kappa shape index (κ3) is 7.60. The zero-order valence-corrected chi connectivity index (χ0v) is 16.6. The molecule has 2 heterocycles. The van der Waals surface area contributed by atoms with Crippen LogP contribution in [0.25, 0.3) is 11.1 Å². The molecule has 0 bridgehead atoms. The predicted molar refractivity (Wildman–Crippen MR) is 109 cm³/mol. The van der Waals surface area contributed by atoms with Crippen LogP contribution in [0.3, 0.4) is 0 Å². The van der Waals surface area contributed by atoms with Crippen LogP contribution in [0.4, 0.5) is 0 Å². The molecule has 2 aromatic rings. The number of rotatable bonds is 12. The lowest BCUT2D eigenvalue weighted by Crippen LogP contribution is -2.32. The van der Waals surface area contributed by atoms with E-state index in [0.717, 1.165) is 18.8 Å². The van der Waals surface area contributed by atoms with E-state index in [1.54, 1.807) is 0 Å². The summed E-state index contributed by atoms with van der Waals surface area (Å²) in [6.45, 7) is 4.31. The molecular formula is C22H34N2S+2. The fourth-order valence-corrected chi connectivity index (χ4v) is 3.35. The Hall–Kier alpha value is -1.35.